The van der Waals surface area contributed by atoms with Crippen LogP contribution in [0.25, 0.3) is 10.1 Å². The summed E-state index contributed by atoms with van der Waals surface area (Å²) in [5.74, 6) is 0. The highest BCUT2D eigenvalue weighted by molar-refractivity contribution is 7.22. The molecule has 1 aromatic carbocycles. The summed E-state index contributed by atoms with van der Waals surface area (Å²) in [6.07, 6.45) is 0.452. The molecule has 0 saturated heterocycles. The van der Waals surface area contributed by atoms with Gasteiger partial charge in [-0.15, -0.1) is 11.3 Å². The smallest absolute Gasteiger partial charge is 0.0941 e. The van der Waals surface area contributed by atoms with Crippen molar-refractivity contribution in [2.45, 2.75) is 13.3 Å². The Morgan fingerprint density at radius 1 is 1.50 bits per heavy atom. The minimum atomic E-state index is 0.452. The number of benzene rings is 1. The number of nitrogens with zero attached hydrogens (tertiary/aromatic N) is 1. The van der Waals surface area contributed by atoms with E-state index in [-0.39, 0.29) is 0 Å². The Kier molecular flexibility index (Phi) is 2.45. The number of halogens is 1. The van der Waals surface area contributed by atoms with Crippen LogP contribution in [0.1, 0.15) is 11.1 Å². The van der Waals surface area contributed by atoms with Crippen molar-refractivity contribution in [2.24, 2.45) is 0 Å². The van der Waals surface area contributed by atoms with Gasteiger partial charge in [-0.3, -0.25) is 0 Å². The molecule has 3 heteroatoms. The van der Waals surface area contributed by atoms with E-state index in [9.17, 15) is 0 Å². The summed E-state index contributed by atoms with van der Waals surface area (Å²) < 4.78 is 1.94. The maximum absolute atomic E-state index is 8.68. The molecule has 0 aliphatic rings. The molecule has 2 rings (SSSR count). The fraction of sp³-hybridized carbons (Fsp3) is 0.182. The van der Waals surface area contributed by atoms with Crippen LogP contribution in [0.4, 0.5) is 0 Å². The van der Waals surface area contributed by atoms with Gasteiger partial charge in [0, 0.05) is 4.70 Å². The van der Waals surface area contributed by atoms with Crippen LogP contribution in [0.2, 0.25) is 4.34 Å². The number of nitriles is 1. The number of rotatable bonds is 1. The van der Waals surface area contributed by atoms with Crippen LogP contribution in [0.3, 0.4) is 0 Å². The topological polar surface area (TPSA) is 23.8 Å². The summed E-state index contributed by atoms with van der Waals surface area (Å²) in [5.41, 5.74) is 2.29. The van der Waals surface area contributed by atoms with Gasteiger partial charge in [0.05, 0.1) is 16.8 Å². The van der Waals surface area contributed by atoms with E-state index in [2.05, 4.69) is 13.0 Å². The maximum atomic E-state index is 8.68. The fourth-order valence-corrected chi connectivity index (χ4v) is 2.82. The zero-order chi connectivity index (χ0) is 10.1. The van der Waals surface area contributed by atoms with E-state index < -0.39 is 0 Å². The molecule has 0 saturated carbocycles. The van der Waals surface area contributed by atoms with Gasteiger partial charge in [0.1, 0.15) is 0 Å². The summed E-state index contributed by atoms with van der Waals surface area (Å²) in [6, 6.07) is 8.19. The number of hydrogen-bond acceptors (Lipinski definition) is 2. The Hall–Kier alpha value is -1.04. The van der Waals surface area contributed by atoms with E-state index in [1.54, 1.807) is 11.3 Å². The van der Waals surface area contributed by atoms with Crippen molar-refractivity contribution in [2.75, 3.05) is 0 Å². The van der Waals surface area contributed by atoms with E-state index in [0.29, 0.717) is 6.42 Å². The van der Waals surface area contributed by atoms with Gasteiger partial charge in [0.15, 0.2) is 0 Å². The van der Waals surface area contributed by atoms with Crippen LogP contribution in [-0.2, 0) is 6.42 Å². The molecule has 0 bridgehead atoms. The first-order chi connectivity index (χ1) is 6.72. The molecule has 0 spiro atoms. The predicted octanol–water partition coefficient (Wildman–Crippen LogP) is 3.93. The third-order valence-electron chi connectivity index (χ3n) is 2.22. The van der Waals surface area contributed by atoms with E-state index in [1.165, 1.54) is 10.9 Å². The van der Waals surface area contributed by atoms with Gasteiger partial charge in [0.25, 0.3) is 0 Å². The Balaban J connectivity index is 2.75. The SMILES string of the molecule is Cc1ccc(CC#N)c2sc(Cl)cc12. The van der Waals surface area contributed by atoms with E-state index in [1.807, 2.05) is 18.2 Å². The molecular formula is C11H8ClNS. The van der Waals surface area contributed by atoms with Crippen LogP contribution < -0.4 is 0 Å². The molecule has 1 heterocycles. The van der Waals surface area contributed by atoms with Crippen LogP contribution in [0.15, 0.2) is 18.2 Å². The molecule has 70 valence electrons. The first-order valence-corrected chi connectivity index (χ1v) is 5.46. The van der Waals surface area contributed by atoms with E-state index in [0.717, 1.165) is 14.6 Å². The largest absolute Gasteiger partial charge is 0.198 e. The van der Waals surface area contributed by atoms with Crippen molar-refractivity contribution < 1.29 is 0 Å². The standard InChI is InChI=1S/C11H8ClNS/c1-7-2-3-8(4-5-13)11-9(7)6-10(12)14-11/h2-3,6H,4H2,1H3. The average Bonchev–Trinajstić information content (AvgIpc) is 2.53. The van der Waals surface area contributed by atoms with Gasteiger partial charge in [0.2, 0.25) is 0 Å². The summed E-state index contributed by atoms with van der Waals surface area (Å²) in [6.45, 7) is 2.06. The molecule has 0 aliphatic heterocycles. The average molecular weight is 222 g/mol. The normalized spacial score (nSPS) is 10.4. The lowest BCUT2D eigenvalue weighted by Gasteiger charge is -1.99. The first kappa shape index (κ1) is 9.51. The molecular weight excluding hydrogens is 214 g/mol. The molecule has 0 radical (unpaired) electrons. The number of thiophene rings is 1. The third kappa shape index (κ3) is 1.50. The lowest BCUT2D eigenvalue weighted by molar-refractivity contribution is 1.29. The zero-order valence-electron chi connectivity index (χ0n) is 7.67. The van der Waals surface area contributed by atoms with Crippen molar-refractivity contribution in [1.82, 2.24) is 0 Å². The van der Waals surface area contributed by atoms with Gasteiger partial charge >= 0.3 is 0 Å². The first-order valence-electron chi connectivity index (χ1n) is 4.27. The van der Waals surface area contributed by atoms with Crippen molar-refractivity contribution in [3.05, 3.63) is 33.7 Å². The summed E-state index contributed by atoms with van der Waals surface area (Å²) in [7, 11) is 0. The molecule has 1 aromatic heterocycles. The lowest BCUT2D eigenvalue weighted by Crippen LogP contribution is -1.82. The molecule has 0 N–H and O–H groups in total. The molecule has 0 amide bonds. The predicted molar refractivity (Wildman–Crippen MR) is 60.9 cm³/mol. The molecule has 0 unspecified atom stereocenters. The van der Waals surface area contributed by atoms with Gasteiger partial charge in [-0.05, 0) is 29.5 Å². The zero-order valence-corrected chi connectivity index (χ0v) is 9.25. The Morgan fingerprint density at radius 3 is 3.00 bits per heavy atom. The molecule has 2 aromatic rings. The molecule has 0 fully saturated rings. The summed E-state index contributed by atoms with van der Waals surface area (Å²) in [4.78, 5) is 0. The maximum Gasteiger partial charge on any atom is 0.0941 e. The second kappa shape index (κ2) is 3.61. The van der Waals surface area contributed by atoms with Gasteiger partial charge < -0.3 is 0 Å². The van der Waals surface area contributed by atoms with Crippen molar-refractivity contribution in [3.63, 3.8) is 0 Å². The van der Waals surface area contributed by atoms with Crippen LogP contribution in [0.5, 0.6) is 0 Å². The summed E-state index contributed by atoms with van der Waals surface area (Å²) in [5, 5.41) is 9.85. The highest BCUT2D eigenvalue weighted by Gasteiger charge is 2.07. The van der Waals surface area contributed by atoms with Gasteiger partial charge in [-0.25, -0.2) is 0 Å². The fourth-order valence-electron chi connectivity index (χ4n) is 1.51. The highest BCUT2D eigenvalue weighted by Crippen LogP contribution is 2.34. The monoisotopic (exact) mass is 221 g/mol. The highest BCUT2D eigenvalue weighted by atomic mass is 35.5. The van der Waals surface area contributed by atoms with Crippen LogP contribution in [0, 0.1) is 18.3 Å². The number of aryl methyl sites for hydroxylation is 1. The Morgan fingerprint density at radius 2 is 2.29 bits per heavy atom. The van der Waals surface area contributed by atoms with Crippen LogP contribution >= 0.6 is 22.9 Å². The van der Waals surface area contributed by atoms with E-state index >= 15 is 0 Å². The molecule has 0 aliphatic carbocycles. The summed E-state index contributed by atoms with van der Waals surface area (Å²) >= 11 is 7.51. The number of fused-ring (bicyclic) bond motifs is 1. The van der Waals surface area contributed by atoms with Crippen molar-refractivity contribution in [3.8, 4) is 6.07 Å². The minimum absolute atomic E-state index is 0.452. The molecule has 0 atom stereocenters. The molecule has 14 heavy (non-hydrogen) atoms. The Bertz CT molecular complexity index is 522. The quantitative estimate of drug-likeness (QED) is 0.716. The molecule has 1 nitrogen and oxygen atoms in total. The van der Waals surface area contributed by atoms with Crippen LogP contribution in [-0.4, -0.2) is 0 Å². The van der Waals surface area contributed by atoms with E-state index in [4.69, 9.17) is 16.9 Å². The van der Waals surface area contributed by atoms with Crippen molar-refractivity contribution >= 4 is 33.0 Å². The second-order valence-electron chi connectivity index (χ2n) is 3.17. The Labute approximate surface area is 91.5 Å². The van der Waals surface area contributed by atoms with Gasteiger partial charge in [-0.1, -0.05) is 23.7 Å². The third-order valence-corrected chi connectivity index (χ3v) is 3.56. The minimum Gasteiger partial charge on any atom is -0.198 e. The van der Waals surface area contributed by atoms with Gasteiger partial charge in [-0.2, -0.15) is 5.26 Å². The number of hydrogen-bond donors (Lipinski definition) is 0. The van der Waals surface area contributed by atoms with Crippen molar-refractivity contribution in [1.29, 1.82) is 5.26 Å². The lowest BCUT2D eigenvalue weighted by atomic mass is 10.1. The second-order valence-corrected chi connectivity index (χ2v) is 4.85.